The molecule has 0 radical (unpaired) electrons. The Morgan fingerprint density at radius 3 is 2.43 bits per heavy atom. The second-order valence-corrected chi connectivity index (χ2v) is 7.47. The molecule has 0 spiro atoms. The van der Waals surface area contributed by atoms with Crippen molar-refractivity contribution in [2.24, 2.45) is 5.41 Å². The fourth-order valence-electron chi connectivity index (χ4n) is 3.79. The summed E-state index contributed by atoms with van der Waals surface area (Å²) in [4.78, 5) is 12.6. The Bertz CT molecular complexity index is 798. The summed E-state index contributed by atoms with van der Waals surface area (Å²) >= 11 is 0. The highest BCUT2D eigenvalue weighted by atomic mass is 16.6. The van der Waals surface area contributed by atoms with Crippen LogP contribution in [0.4, 0.5) is 4.79 Å². The number of ether oxygens (including phenoxy) is 1. The van der Waals surface area contributed by atoms with Gasteiger partial charge >= 0.3 is 6.09 Å². The predicted molar refractivity (Wildman–Crippen MR) is 114 cm³/mol. The van der Waals surface area contributed by atoms with Crippen LogP contribution in [0.5, 0.6) is 5.75 Å². The summed E-state index contributed by atoms with van der Waals surface area (Å²) in [6.45, 7) is 2.22. The van der Waals surface area contributed by atoms with Crippen LogP contribution < -0.4 is 10.1 Å². The van der Waals surface area contributed by atoms with E-state index in [1.807, 2.05) is 36.4 Å². The van der Waals surface area contributed by atoms with E-state index in [4.69, 9.17) is 4.74 Å². The molecule has 0 saturated heterocycles. The van der Waals surface area contributed by atoms with Crippen molar-refractivity contribution in [1.29, 1.82) is 0 Å². The van der Waals surface area contributed by atoms with E-state index in [-0.39, 0.29) is 11.5 Å². The lowest BCUT2D eigenvalue weighted by Crippen LogP contribution is -2.35. The first-order valence-corrected chi connectivity index (χ1v) is 10.1. The van der Waals surface area contributed by atoms with Crippen LogP contribution in [0.25, 0.3) is 0 Å². The smallest absolute Gasteiger partial charge is 0.410 e. The lowest BCUT2D eigenvalue weighted by Gasteiger charge is -2.35. The minimum absolute atomic E-state index is 0.0608. The zero-order chi connectivity index (χ0) is 19.7. The molecule has 3 nitrogen and oxygen atoms in total. The Balaban J connectivity index is 1.77. The summed E-state index contributed by atoms with van der Waals surface area (Å²) < 4.78 is 5.49. The maximum Gasteiger partial charge on any atom is 0.413 e. The van der Waals surface area contributed by atoms with Crippen LogP contribution >= 0.6 is 0 Å². The number of rotatable bonds is 8. The Morgan fingerprint density at radius 1 is 1.07 bits per heavy atom. The van der Waals surface area contributed by atoms with Crippen LogP contribution in [0.2, 0.25) is 0 Å². The molecule has 0 aromatic heterocycles. The molecule has 1 amide bonds. The molecule has 1 aliphatic carbocycles. The van der Waals surface area contributed by atoms with Gasteiger partial charge in [-0.1, -0.05) is 92.6 Å². The van der Waals surface area contributed by atoms with Crippen LogP contribution in [0.15, 0.2) is 85.0 Å². The van der Waals surface area contributed by atoms with Crippen molar-refractivity contribution < 1.29 is 9.53 Å². The Labute approximate surface area is 168 Å². The van der Waals surface area contributed by atoms with Gasteiger partial charge in [0, 0.05) is 0 Å². The summed E-state index contributed by atoms with van der Waals surface area (Å²) in [7, 11) is 0. The quantitative estimate of drug-likeness (QED) is 0.564. The third-order valence-corrected chi connectivity index (χ3v) is 5.31. The normalized spacial score (nSPS) is 19.2. The SMILES string of the molecule is CCCCC1(CC(NC(=O)Oc2ccccc2)c2ccccc2)C=CC=CC1. The Morgan fingerprint density at radius 2 is 1.79 bits per heavy atom. The largest absolute Gasteiger partial charge is 0.413 e. The second kappa shape index (κ2) is 9.93. The minimum atomic E-state index is -0.416. The van der Waals surface area contributed by atoms with Gasteiger partial charge < -0.3 is 10.1 Å². The molecule has 0 heterocycles. The number of hydrogen-bond acceptors (Lipinski definition) is 2. The summed E-state index contributed by atoms with van der Waals surface area (Å²) in [6.07, 6.45) is 13.7. The third kappa shape index (κ3) is 5.59. The van der Waals surface area contributed by atoms with E-state index >= 15 is 0 Å². The van der Waals surface area contributed by atoms with Crippen LogP contribution in [-0.4, -0.2) is 6.09 Å². The Hall–Kier alpha value is -2.81. The Kier molecular flexibility index (Phi) is 7.07. The van der Waals surface area contributed by atoms with E-state index < -0.39 is 6.09 Å². The monoisotopic (exact) mass is 375 g/mol. The first-order valence-electron chi connectivity index (χ1n) is 10.1. The van der Waals surface area contributed by atoms with Gasteiger partial charge in [0.15, 0.2) is 0 Å². The first-order chi connectivity index (χ1) is 13.7. The molecule has 146 valence electrons. The summed E-state index contributed by atoms with van der Waals surface area (Å²) in [5.74, 6) is 0.549. The zero-order valence-electron chi connectivity index (χ0n) is 16.5. The van der Waals surface area contributed by atoms with E-state index in [1.54, 1.807) is 12.1 Å². The van der Waals surface area contributed by atoms with Gasteiger partial charge in [-0.05, 0) is 42.4 Å². The predicted octanol–water partition coefficient (Wildman–Crippen LogP) is 6.60. The van der Waals surface area contributed by atoms with E-state index in [0.717, 1.165) is 24.8 Å². The van der Waals surface area contributed by atoms with Crippen molar-refractivity contribution in [3.63, 3.8) is 0 Å². The standard InChI is InChI=1S/C25H29NO2/c1-2-3-17-25(18-11-6-12-19-25)20-23(21-13-7-4-8-14-21)26-24(27)28-22-15-9-5-10-16-22/h4-16,18,23H,2-3,17,19-20H2,1H3,(H,26,27). The van der Waals surface area contributed by atoms with Gasteiger partial charge in [0.05, 0.1) is 6.04 Å². The highest BCUT2D eigenvalue weighted by molar-refractivity contribution is 5.71. The average Bonchev–Trinajstić information content (AvgIpc) is 2.74. The van der Waals surface area contributed by atoms with Crippen molar-refractivity contribution in [2.45, 2.75) is 45.1 Å². The number of para-hydroxylation sites is 1. The average molecular weight is 376 g/mol. The first kappa shape index (κ1) is 19.9. The number of carbonyl (C=O) groups is 1. The van der Waals surface area contributed by atoms with Crippen molar-refractivity contribution in [1.82, 2.24) is 5.32 Å². The van der Waals surface area contributed by atoms with E-state index in [2.05, 4.69) is 48.7 Å². The van der Waals surface area contributed by atoms with Crippen LogP contribution in [-0.2, 0) is 0 Å². The topological polar surface area (TPSA) is 38.3 Å². The minimum Gasteiger partial charge on any atom is -0.410 e. The molecule has 2 unspecified atom stereocenters. The number of unbranched alkanes of at least 4 members (excludes halogenated alkanes) is 1. The summed E-state index contributed by atoms with van der Waals surface area (Å²) in [6, 6.07) is 19.3. The number of hydrogen-bond donors (Lipinski definition) is 1. The molecule has 0 saturated carbocycles. The maximum atomic E-state index is 12.6. The number of carbonyl (C=O) groups excluding carboxylic acids is 1. The lowest BCUT2D eigenvalue weighted by molar-refractivity contribution is 0.188. The summed E-state index contributed by atoms with van der Waals surface area (Å²) in [5.41, 5.74) is 1.16. The van der Waals surface area contributed by atoms with Gasteiger partial charge in [0.25, 0.3) is 0 Å². The molecule has 0 aliphatic heterocycles. The van der Waals surface area contributed by atoms with Crippen molar-refractivity contribution >= 4 is 6.09 Å². The molecule has 28 heavy (non-hydrogen) atoms. The maximum absolute atomic E-state index is 12.6. The van der Waals surface area contributed by atoms with Gasteiger partial charge in [-0.15, -0.1) is 0 Å². The van der Waals surface area contributed by atoms with Crippen LogP contribution in [0, 0.1) is 5.41 Å². The number of allylic oxidation sites excluding steroid dienone is 4. The van der Waals surface area contributed by atoms with Gasteiger partial charge in [-0.3, -0.25) is 0 Å². The molecule has 3 rings (SSSR count). The molecule has 2 atom stereocenters. The molecule has 0 bridgehead atoms. The molecular formula is C25H29NO2. The summed E-state index contributed by atoms with van der Waals surface area (Å²) in [5, 5.41) is 3.11. The zero-order valence-corrected chi connectivity index (χ0v) is 16.5. The number of benzene rings is 2. The number of amides is 1. The fourth-order valence-corrected chi connectivity index (χ4v) is 3.79. The van der Waals surface area contributed by atoms with Crippen LogP contribution in [0.1, 0.15) is 50.6 Å². The van der Waals surface area contributed by atoms with Crippen molar-refractivity contribution in [3.8, 4) is 5.75 Å². The highest BCUT2D eigenvalue weighted by Gasteiger charge is 2.31. The van der Waals surface area contributed by atoms with Gasteiger partial charge in [0.2, 0.25) is 0 Å². The molecule has 0 fully saturated rings. The lowest BCUT2D eigenvalue weighted by atomic mass is 9.72. The molecule has 2 aromatic carbocycles. The molecular weight excluding hydrogens is 346 g/mol. The van der Waals surface area contributed by atoms with E-state index in [1.165, 1.54) is 12.8 Å². The van der Waals surface area contributed by atoms with E-state index in [0.29, 0.717) is 5.75 Å². The van der Waals surface area contributed by atoms with Crippen molar-refractivity contribution in [3.05, 3.63) is 90.5 Å². The van der Waals surface area contributed by atoms with Crippen molar-refractivity contribution in [2.75, 3.05) is 0 Å². The van der Waals surface area contributed by atoms with Gasteiger partial charge in [0.1, 0.15) is 5.75 Å². The van der Waals surface area contributed by atoms with Gasteiger partial charge in [-0.25, -0.2) is 4.79 Å². The van der Waals surface area contributed by atoms with Crippen LogP contribution in [0.3, 0.4) is 0 Å². The molecule has 1 aliphatic rings. The van der Waals surface area contributed by atoms with E-state index in [9.17, 15) is 4.79 Å². The number of nitrogens with one attached hydrogen (secondary N) is 1. The molecule has 1 N–H and O–H groups in total. The van der Waals surface area contributed by atoms with Gasteiger partial charge in [-0.2, -0.15) is 0 Å². The molecule has 2 aromatic rings. The third-order valence-electron chi connectivity index (χ3n) is 5.31. The fraction of sp³-hybridized carbons (Fsp3) is 0.320. The molecule has 3 heteroatoms. The highest BCUT2D eigenvalue weighted by Crippen LogP contribution is 2.41. The second-order valence-electron chi connectivity index (χ2n) is 7.47.